The first-order chi connectivity index (χ1) is 8.06. The third-order valence-corrected chi connectivity index (χ3v) is 2.93. The lowest BCUT2D eigenvalue weighted by Crippen LogP contribution is -2.38. The number of hydrogen-bond donors (Lipinski definition) is 0. The van der Waals surface area contributed by atoms with Crippen molar-refractivity contribution in [2.75, 3.05) is 6.61 Å². The molecule has 1 aliphatic heterocycles. The van der Waals surface area contributed by atoms with Crippen LogP contribution in [0.15, 0.2) is 0 Å². The van der Waals surface area contributed by atoms with E-state index in [2.05, 4.69) is 0 Å². The first-order valence-corrected chi connectivity index (χ1v) is 6.54. The predicted molar refractivity (Wildman–Crippen MR) is 64.8 cm³/mol. The molecule has 1 saturated heterocycles. The molecule has 0 spiro atoms. The molecule has 0 aromatic heterocycles. The fourth-order valence-corrected chi connectivity index (χ4v) is 2.24. The van der Waals surface area contributed by atoms with E-state index in [4.69, 9.17) is 14.2 Å². The van der Waals surface area contributed by atoms with Gasteiger partial charge in [0.15, 0.2) is 6.10 Å². The summed E-state index contributed by atoms with van der Waals surface area (Å²) in [6, 6.07) is 0. The molecule has 0 N–H and O–H groups in total. The van der Waals surface area contributed by atoms with Crippen molar-refractivity contribution in [1.82, 2.24) is 0 Å². The second-order valence-electron chi connectivity index (χ2n) is 4.64. The summed E-state index contributed by atoms with van der Waals surface area (Å²) in [5, 5.41) is 0. The lowest BCUT2D eigenvalue weighted by atomic mass is 10.0. The molecule has 0 aliphatic carbocycles. The van der Waals surface area contributed by atoms with Gasteiger partial charge < -0.3 is 14.2 Å². The van der Waals surface area contributed by atoms with E-state index in [0.29, 0.717) is 13.0 Å². The molecule has 0 aromatic carbocycles. The van der Waals surface area contributed by atoms with Crippen molar-refractivity contribution in [3.63, 3.8) is 0 Å². The highest BCUT2D eigenvalue weighted by Gasteiger charge is 2.29. The summed E-state index contributed by atoms with van der Waals surface area (Å²) in [6.07, 6.45) is 2.41. The van der Waals surface area contributed by atoms with E-state index >= 15 is 0 Å². The van der Waals surface area contributed by atoms with Gasteiger partial charge in [0, 0.05) is 0 Å². The maximum atomic E-state index is 11.6. The van der Waals surface area contributed by atoms with E-state index in [0.717, 1.165) is 12.8 Å². The number of carbonyl (C=O) groups is 1. The zero-order chi connectivity index (χ0) is 12.8. The average Bonchev–Trinajstić information content (AvgIpc) is 2.24. The molecular formula is C13H24O4. The van der Waals surface area contributed by atoms with Crippen molar-refractivity contribution in [2.24, 2.45) is 0 Å². The van der Waals surface area contributed by atoms with Crippen molar-refractivity contribution >= 4 is 5.97 Å². The summed E-state index contributed by atoms with van der Waals surface area (Å²) in [5.74, 6) is -0.248. The van der Waals surface area contributed by atoms with Gasteiger partial charge in [-0.2, -0.15) is 0 Å². The van der Waals surface area contributed by atoms with E-state index in [9.17, 15) is 4.79 Å². The van der Waals surface area contributed by atoms with Crippen LogP contribution in [0.4, 0.5) is 0 Å². The van der Waals surface area contributed by atoms with E-state index in [1.807, 2.05) is 27.7 Å². The molecule has 4 heteroatoms. The summed E-state index contributed by atoms with van der Waals surface area (Å²) in [6.45, 7) is 8.23. The minimum Gasteiger partial charge on any atom is -0.464 e. The van der Waals surface area contributed by atoms with E-state index < -0.39 is 6.10 Å². The van der Waals surface area contributed by atoms with Gasteiger partial charge >= 0.3 is 5.97 Å². The Bertz CT molecular complexity index is 232. The molecule has 1 aliphatic rings. The van der Waals surface area contributed by atoms with Crippen molar-refractivity contribution in [2.45, 2.75) is 71.4 Å². The van der Waals surface area contributed by atoms with Gasteiger partial charge in [-0.05, 0) is 40.0 Å². The number of carbonyl (C=O) groups excluding carboxylic acids is 1. The van der Waals surface area contributed by atoms with Crippen LogP contribution in [0.1, 0.15) is 47.0 Å². The number of ether oxygens (including phenoxy) is 3. The molecule has 3 atom stereocenters. The van der Waals surface area contributed by atoms with Crippen molar-refractivity contribution in [3.8, 4) is 0 Å². The van der Waals surface area contributed by atoms with Crippen LogP contribution in [0.3, 0.4) is 0 Å². The van der Waals surface area contributed by atoms with Crippen molar-refractivity contribution in [1.29, 1.82) is 0 Å². The van der Waals surface area contributed by atoms with Crippen LogP contribution in [0.2, 0.25) is 0 Å². The van der Waals surface area contributed by atoms with Gasteiger partial charge in [-0.3, -0.25) is 0 Å². The fraction of sp³-hybridized carbons (Fsp3) is 0.923. The zero-order valence-corrected chi connectivity index (χ0v) is 11.3. The Kier molecular flexibility index (Phi) is 5.92. The SMILES string of the molecule is CCOC(=O)C(CC)OC1CC(C)OC(C)C1. The van der Waals surface area contributed by atoms with Crippen LogP contribution < -0.4 is 0 Å². The van der Waals surface area contributed by atoms with Crippen LogP contribution in [-0.4, -0.2) is 37.0 Å². The smallest absolute Gasteiger partial charge is 0.335 e. The third-order valence-electron chi connectivity index (χ3n) is 2.93. The third kappa shape index (κ3) is 4.64. The predicted octanol–water partition coefficient (Wildman–Crippen LogP) is 2.30. The monoisotopic (exact) mass is 244 g/mol. The zero-order valence-electron chi connectivity index (χ0n) is 11.3. The summed E-state index contributed by atoms with van der Waals surface area (Å²) in [4.78, 5) is 11.6. The molecule has 0 aromatic rings. The molecule has 3 unspecified atom stereocenters. The first kappa shape index (κ1) is 14.5. The molecular weight excluding hydrogens is 220 g/mol. The second kappa shape index (κ2) is 6.97. The minimum absolute atomic E-state index is 0.100. The Morgan fingerprint density at radius 1 is 1.29 bits per heavy atom. The molecule has 0 radical (unpaired) electrons. The van der Waals surface area contributed by atoms with Crippen LogP contribution in [0.5, 0.6) is 0 Å². The molecule has 17 heavy (non-hydrogen) atoms. The Morgan fingerprint density at radius 2 is 1.88 bits per heavy atom. The summed E-state index contributed by atoms with van der Waals surface area (Å²) in [5.41, 5.74) is 0. The van der Waals surface area contributed by atoms with Gasteiger partial charge in [0.25, 0.3) is 0 Å². The second-order valence-corrected chi connectivity index (χ2v) is 4.64. The quantitative estimate of drug-likeness (QED) is 0.696. The Labute approximate surface area is 104 Å². The Morgan fingerprint density at radius 3 is 2.35 bits per heavy atom. The van der Waals surface area contributed by atoms with Gasteiger partial charge in [-0.15, -0.1) is 0 Å². The van der Waals surface area contributed by atoms with E-state index in [1.165, 1.54) is 0 Å². The Balaban J connectivity index is 2.47. The van der Waals surface area contributed by atoms with Gasteiger partial charge in [0.1, 0.15) is 0 Å². The van der Waals surface area contributed by atoms with Crippen LogP contribution in [-0.2, 0) is 19.0 Å². The summed E-state index contributed by atoms with van der Waals surface area (Å²) >= 11 is 0. The first-order valence-electron chi connectivity index (χ1n) is 6.54. The Hall–Kier alpha value is -0.610. The highest BCUT2D eigenvalue weighted by molar-refractivity contribution is 5.74. The highest BCUT2D eigenvalue weighted by atomic mass is 16.6. The van der Waals surface area contributed by atoms with Crippen LogP contribution >= 0.6 is 0 Å². The van der Waals surface area contributed by atoms with Gasteiger partial charge in [-0.25, -0.2) is 4.79 Å². The van der Waals surface area contributed by atoms with Gasteiger partial charge in [0.2, 0.25) is 0 Å². The molecule has 4 nitrogen and oxygen atoms in total. The number of hydrogen-bond acceptors (Lipinski definition) is 4. The van der Waals surface area contributed by atoms with Gasteiger partial charge in [-0.1, -0.05) is 6.92 Å². The van der Waals surface area contributed by atoms with Crippen molar-refractivity contribution in [3.05, 3.63) is 0 Å². The van der Waals surface area contributed by atoms with Crippen LogP contribution in [0.25, 0.3) is 0 Å². The molecule has 100 valence electrons. The van der Waals surface area contributed by atoms with Gasteiger partial charge in [0.05, 0.1) is 24.9 Å². The fourth-order valence-electron chi connectivity index (χ4n) is 2.24. The standard InChI is InChI=1S/C13H24O4/c1-5-12(13(14)15-6-2)17-11-7-9(3)16-10(4)8-11/h9-12H,5-8H2,1-4H3. The highest BCUT2D eigenvalue weighted by Crippen LogP contribution is 2.23. The van der Waals surface area contributed by atoms with Crippen LogP contribution in [0, 0.1) is 0 Å². The molecule has 0 amide bonds. The molecule has 0 bridgehead atoms. The lowest BCUT2D eigenvalue weighted by Gasteiger charge is -2.33. The maximum absolute atomic E-state index is 11.6. The average molecular weight is 244 g/mol. The maximum Gasteiger partial charge on any atom is 0.335 e. The van der Waals surface area contributed by atoms with Crippen molar-refractivity contribution < 1.29 is 19.0 Å². The van der Waals surface area contributed by atoms with E-state index in [-0.39, 0.29) is 24.3 Å². The topological polar surface area (TPSA) is 44.8 Å². The molecule has 0 saturated carbocycles. The normalized spacial score (nSPS) is 30.9. The summed E-state index contributed by atoms with van der Waals surface area (Å²) < 4.78 is 16.5. The minimum atomic E-state index is -0.433. The molecule has 1 heterocycles. The largest absolute Gasteiger partial charge is 0.464 e. The van der Waals surface area contributed by atoms with E-state index in [1.54, 1.807) is 0 Å². The molecule has 1 rings (SSSR count). The number of rotatable bonds is 5. The number of esters is 1. The summed E-state index contributed by atoms with van der Waals surface area (Å²) in [7, 11) is 0. The molecule has 1 fully saturated rings. The lowest BCUT2D eigenvalue weighted by molar-refractivity contribution is -0.170.